The second-order valence-corrected chi connectivity index (χ2v) is 13.9. The van der Waals surface area contributed by atoms with E-state index in [-0.39, 0.29) is 49.3 Å². The van der Waals surface area contributed by atoms with E-state index in [9.17, 15) is 29.4 Å². The maximum atomic E-state index is 13.8. The van der Waals surface area contributed by atoms with Crippen molar-refractivity contribution in [2.24, 2.45) is 11.1 Å². The number of rotatable bonds is 6. The van der Waals surface area contributed by atoms with Gasteiger partial charge in [-0.3, -0.25) is 19.3 Å². The summed E-state index contributed by atoms with van der Waals surface area (Å²) in [4.78, 5) is 52.0. The first-order chi connectivity index (χ1) is 19.2. The fourth-order valence-corrected chi connectivity index (χ4v) is 5.46. The Bertz CT molecular complexity index is 1130. The molecule has 1 aromatic carbocycles. The first-order valence-corrected chi connectivity index (χ1v) is 14.8. The van der Waals surface area contributed by atoms with E-state index in [1.807, 2.05) is 31.2 Å². The maximum Gasteiger partial charge on any atom is 0.408 e. The number of nitrogens with two attached hydrogens (primary N) is 1. The number of aliphatic hydroxyl groups excluding tert-OH is 2. The minimum Gasteiger partial charge on any atom is -0.465 e. The molecule has 0 saturated carbocycles. The average molecular weight is 693 g/mol. The number of benzene rings is 1. The quantitative estimate of drug-likeness (QED) is 0.262. The predicted octanol–water partition coefficient (Wildman–Crippen LogP) is 2.40. The van der Waals surface area contributed by atoms with E-state index in [0.717, 1.165) is 14.9 Å². The van der Waals surface area contributed by atoms with Gasteiger partial charge in [0.15, 0.2) is 0 Å². The molecular formula is C29H47BrClN5O7. The van der Waals surface area contributed by atoms with Gasteiger partial charge in [-0.25, -0.2) is 4.79 Å². The van der Waals surface area contributed by atoms with Crippen LogP contribution in [0.15, 0.2) is 28.7 Å². The average Bonchev–Trinajstić information content (AvgIpc) is 3.47. The number of nitrogens with one attached hydrogen (secondary N) is 2. The number of primary amides is 1. The molecule has 7 N–H and O–H groups in total. The molecule has 2 saturated heterocycles. The molecule has 2 heterocycles. The van der Waals surface area contributed by atoms with Crippen molar-refractivity contribution in [2.45, 2.75) is 103 Å². The third-order valence-electron chi connectivity index (χ3n) is 7.29. The number of carboxylic acid groups (broad SMARTS) is 1. The highest BCUT2D eigenvalue weighted by Crippen LogP contribution is 2.33. The second-order valence-electron chi connectivity index (χ2n) is 13.0. The molecule has 2 fully saturated rings. The molecule has 12 nitrogen and oxygen atoms in total. The van der Waals surface area contributed by atoms with Gasteiger partial charge in [0, 0.05) is 29.5 Å². The van der Waals surface area contributed by atoms with Crippen LogP contribution in [0.1, 0.15) is 72.9 Å². The second kappa shape index (κ2) is 15.5. The lowest BCUT2D eigenvalue weighted by Crippen LogP contribution is -2.63. The van der Waals surface area contributed by atoms with E-state index < -0.39 is 47.2 Å². The summed E-state index contributed by atoms with van der Waals surface area (Å²) in [6, 6.07) is 5.02. The zero-order chi connectivity index (χ0) is 32.2. The van der Waals surface area contributed by atoms with Crippen molar-refractivity contribution in [2.75, 3.05) is 13.1 Å². The summed E-state index contributed by atoms with van der Waals surface area (Å²) in [6.45, 7) is 12.9. The van der Waals surface area contributed by atoms with Crippen LogP contribution in [0.3, 0.4) is 0 Å². The van der Waals surface area contributed by atoms with E-state index in [1.165, 1.54) is 4.90 Å². The van der Waals surface area contributed by atoms with E-state index in [0.29, 0.717) is 13.0 Å². The number of amides is 4. The van der Waals surface area contributed by atoms with E-state index in [1.54, 1.807) is 41.5 Å². The van der Waals surface area contributed by atoms with Crippen molar-refractivity contribution in [1.29, 1.82) is 0 Å². The Morgan fingerprint density at radius 2 is 1.60 bits per heavy atom. The molecule has 2 aliphatic heterocycles. The van der Waals surface area contributed by atoms with Crippen LogP contribution in [0.25, 0.3) is 0 Å². The molecule has 2 aliphatic rings. The summed E-state index contributed by atoms with van der Waals surface area (Å²) in [5.74, 6) is -1.24. The van der Waals surface area contributed by atoms with Gasteiger partial charge in [-0.1, -0.05) is 48.8 Å². The summed E-state index contributed by atoms with van der Waals surface area (Å²) in [5, 5.41) is 34.9. The highest BCUT2D eigenvalue weighted by Gasteiger charge is 2.49. The van der Waals surface area contributed by atoms with Gasteiger partial charge in [-0.05, 0) is 57.2 Å². The van der Waals surface area contributed by atoms with Crippen LogP contribution in [0.5, 0.6) is 0 Å². The zero-order valence-electron chi connectivity index (χ0n) is 25.8. The number of likely N-dealkylation sites (tertiary alicyclic amines) is 1. The number of β-amino-alcohol motifs (C(OH)–C–C–N with tert-alkyl or cyclic N) is 2. The summed E-state index contributed by atoms with van der Waals surface area (Å²) < 4.78 is 0.926. The number of hydrogen-bond acceptors (Lipinski definition) is 7. The zero-order valence-corrected chi connectivity index (χ0v) is 28.2. The van der Waals surface area contributed by atoms with Gasteiger partial charge >= 0.3 is 6.09 Å². The Labute approximate surface area is 268 Å². The molecule has 0 aromatic heterocycles. The van der Waals surface area contributed by atoms with Crippen molar-refractivity contribution in [3.05, 3.63) is 34.3 Å². The fraction of sp³-hybridized carbons (Fsp3) is 0.655. The molecule has 0 aliphatic carbocycles. The summed E-state index contributed by atoms with van der Waals surface area (Å²) in [7, 11) is 0. The third-order valence-corrected chi connectivity index (χ3v) is 7.81. The Kier molecular flexibility index (Phi) is 13.9. The number of aliphatic hydroxyl groups is 2. The van der Waals surface area contributed by atoms with Crippen molar-refractivity contribution >= 4 is 52.2 Å². The highest BCUT2D eigenvalue weighted by atomic mass is 79.9. The first kappa shape index (κ1) is 38.6. The molecule has 1 aromatic rings. The minimum atomic E-state index is -1.21. The van der Waals surface area contributed by atoms with Crippen LogP contribution < -0.4 is 16.4 Å². The number of hydrogen-bond donors (Lipinski definition) is 6. The number of nitrogens with zero attached hydrogens (tertiary/aromatic N) is 2. The van der Waals surface area contributed by atoms with Crippen molar-refractivity contribution in [3.63, 3.8) is 0 Å². The Balaban J connectivity index is 0.000000788. The largest absolute Gasteiger partial charge is 0.465 e. The molecule has 0 radical (unpaired) electrons. The number of carbonyl (C=O) groups excluding carboxylic acids is 3. The van der Waals surface area contributed by atoms with Gasteiger partial charge in [0.2, 0.25) is 17.7 Å². The normalized spacial score (nSPS) is 23.3. The molecular weight excluding hydrogens is 646 g/mol. The van der Waals surface area contributed by atoms with Gasteiger partial charge in [0.05, 0.1) is 24.3 Å². The van der Waals surface area contributed by atoms with Gasteiger partial charge in [-0.15, -0.1) is 12.4 Å². The SMILES string of the molecule is C[C@H](NC(=O)[C@@H]1C[C@@H](O)CN1C(=O)[C@@H](N(C(=O)O)C(C)(C)C)C(C)(C)C)c1ccc(Br)cc1.Cl.NC(=O)C1CC(O)CN1. The monoisotopic (exact) mass is 691 g/mol. The lowest BCUT2D eigenvalue weighted by atomic mass is 9.82. The molecule has 244 valence electrons. The van der Waals surface area contributed by atoms with Crippen LogP contribution >= 0.6 is 28.3 Å². The molecule has 14 heteroatoms. The van der Waals surface area contributed by atoms with Crippen LogP contribution in [-0.2, 0) is 14.4 Å². The van der Waals surface area contributed by atoms with Gasteiger partial charge in [0.25, 0.3) is 0 Å². The Hall–Kier alpha value is -2.45. The van der Waals surface area contributed by atoms with Gasteiger partial charge in [0.1, 0.15) is 12.1 Å². The van der Waals surface area contributed by atoms with Crippen molar-refractivity contribution in [1.82, 2.24) is 20.4 Å². The minimum absolute atomic E-state index is 0. The standard InChI is InChI=1S/C24H36BrN3O5.C5H10N2O2.ClH/c1-14(15-8-10-16(25)11-9-15)26-20(30)18-12-17(29)13-27(18)21(31)19(23(2,3)4)28(22(32)33)24(5,6)7;6-5(9)4-1-3(8)2-7-4;/h8-11,14,17-19,29H,12-13H2,1-7H3,(H,26,30)(H,32,33);3-4,7-8H,1-2H2,(H2,6,9);1H/t14-,17+,18-,19+;;/m0../s1. The fourth-order valence-electron chi connectivity index (χ4n) is 5.19. The Morgan fingerprint density at radius 1 is 1.05 bits per heavy atom. The van der Waals surface area contributed by atoms with Crippen LogP contribution in [0.2, 0.25) is 0 Å². The molecule has 3 rings (SSSR count). The maximum absolute atomic E-state index is 13.8. The number of carbonyl (C=O) groups is 4. The van der Waals surface area contributed by atoms with Crippen LogP contribution in [-0.4, -0.2) is 97.9 Å². The topological polar surface area (TPSA) is 186 Å². The molecule has 2 unspecified atom stereocenters. The Morgan fingerprint density at radius 3 is 2.00 bits per heavy atom. The van der Waals surface area contributed by atoms with Crippen molar-refractivity contribution in [3.8, 4) is 0 Å². The molecule has 4 amide bonds. The van der Waals surface area contributed by atoms with Crippen molar-refractivity contribution < 1.29 is 34.5 Å². The van der Waals surface area contributed by atoms with Gasteiger partial charge in [-0.2, -0.15) is 0 Å². The smallest absolute Gasteiger partial charge is 0.408 e. The predicted molar refractivity (Wildman–Crippen MR) is 169 cm³/mol. The lowest BCUT2D eigenvalue weighted by Gasteiger charge is -2.46. The summed E-state index contributed by atoms with van der Waals surface area (Å²) in [6.07, 6.45) is -1.91. The summed E-state index contributed by atoms with van der Waals surface area (Å²) >= 11 is 3.39. The lowest BCUT2D eigenvalue weighted by molar-refractivity contribution is -0.147. The summed E-state index contributed by atoms with van der Waals surface area (Å²) in [5.41, 5.74) is 4.27. The first-order valence-electron chi connectivity index (χ1n) is 14.0. The molecule has 0 bridgehead atoms. The molecule has 6 atom stereocenters. The van der Waals surface area contributed by atoms with E-state index in [4.69, 9.17) is 10.8 Å². The van der Waals surface area contributed by atoms with E-state index in [2.05, 4.69) is 26.6 Å². The highest BCUT2D eigenvalue weighted by molar-refractivity contribution is 9.10. The van der Waals surface area contributed by atoms with Gasteiger partial charge < -0.3 is 36.6 Å². The molecule has 0 spiro atoms. The van der Waals surface area contributed by atoms with Crippen LogP contribution in [0.4, 0.5) is 4.79 Å². The molecule has 43 heavy (non-hydrogen) atoms. The number of halogens is 2. The van der Waals surface area contributed by atoms with Crippen LogP contribution in [0, 0.1) is 5.41 Å². The van der Waals surface area contributed by atoms with E-state index >= 15 is 0 Å². The third kappa shape index (κ3) is 10.6.